The Balaban J connectivity index is 3.28. The Kier molecular flexibility index (Phi) is 4.09. The Hall–Kier alpha value is -2.04. The van der Waals surface area contributed by atoms with Gasteiger partial charge in [-0.15, -0.1) is 0 Å². The molecule has 0 spiro atoms. The smallest absolute Gasteiger partial charge is 0.340 e. The quantitative estimate of drug-likeness (QED) is 0.730. The first kappa shape index (κ1) is 13.0. The lowest BCUT2D eigenvalue weighted by atomic mass is 9.99. The monoisotopic (exact) mass is 238 g/mol. The predicted molar refractivity (Wildman–Crippen MR) is 60.6 cm³/mol. The van der Waals surface area contributed by atoms with Gasteiger partial charge in [-0.2, -0.15) is 0 Å². The molecule has 0 fully saturated rings. The number of benzene rings is 1. The number of hydrogen-bond acceptors (Lipinski definition) is 3. The number of carboxylic acid groups (broad SMARTS) is 2. The molecule has 0 atom stereocenters. The van der Waals surface area contributed by atoms with Crippen molar-refractivity contribution in [2.75, 3.05) is 0 Å². The number of unbranched alkanes of at least 4 members (excludes halogenated alkanes) is 1. The maximum absolute atomic E-state index is 10.9. The molecular formula is C12H14O5. The SMILES string of the molecule is CCCCc1ccc(C(=O)O)c(C(=O)O)c1O. The van der Waals surface area contributed by atoms with E-state index >= 15 is 0 Å². The molecule has 0 aliphatic heterocycles. The molecule has 17 heavy (non-hydrogen) atoms. The summed E-state index contributed by atoms with van der Waals surface area (Å²) in [4.78, 5) is 21.8. The fourth-order valence-electron chi connectivity index (χ4n) is 1.60. The second-order valence-electron chi connectivity index (χ2n) is 3.71. The van der Waals surface area contributed by atoms with E-state index in [1.807, 2.05) is 6.92 Å². The van der Waals surface area contributed by atoms with Crippen molar-refractivity contribution in [3.63, 3.8) is 0 Å². The molecule has 1 rings (SSSR count). The van der Waals surface area contributed by atoms with Gasteiger partial charge in [-0.1, -0.05) is 19.4 Å². The highest BCUT2D eigenvalue weighted by molar-refractivity contribution is 6.04. The van der Waals surface area contributed by atoms with Crippen LogP contribution in [0.1, 0.15) is 46.0 Å². The van der Waals surface area contributed by atoms with Crippen molar-refractivity contribution in [3.05, 3.63) is 28.8 Å². The van der Waals surface area contributed by atoms with Crippen LogP contribution in [0, 0.1) is 0 Å². The first-order valence-electron chi connectivity index (χ1n) is 5.30. The summed E-state index contributed by atoms with van der Waals surface area (Å²) in [6, 6.07) is 2.68. The number of carbonyl (C=O) groups is 2. The fourth-order valence-corrected chi connectivity index (χ4v) is 1.60. The van der Waals surface area contributed by atoms with E-state index in [1.165, 1.54) is 12.1 Å². The van der Waals surface area contributed by atoms with Crippen LogP contribution in [0.5, 0.6) is 5.75 Å². The van der Waals surface area contributed by atoms with Crippen molar-refractivity contribution in [1.29, 1.82) is 0 Å². The third-order valence-corrected chi connectivity index (χ3v) is 2.51. The zero-order valence-electron chi connectivity index (χ0n) is 9.43. The Morgan fingerprint density at radius 2 is 1.82 bits per heavy atom. The van der Waals surface area contributed by atoms with Crippen LogP contribution in [0.3, 0.4) is 0 Å². The second-order valence-corrected chi connectivity index (χ2v) is 3.71. The summed E-state index contributed by atoms with van der Waals surface area (Å²) < 4.78 is 0. The first-order chi connectivity index (χ1) is 7.99. The van der Waals surface area contributed by atoms with E-state index in [4.69, 9.17) is 10.2 Å². The van der Waals surface area contributed by atoms with Crippen molar-refractivity contribution < 1.29 is 24.9 Å². The van der Waals surface area contributed by atoms with Crippen LogP contribution < -0.4 is 0 Å². The van der Waals surface area contributed by atoms with Gasteiger partial charge in [0.05, 0.1) is 5.56 Å². The normalized spacial score (nSPS) is 10.2. The first-order valence-corrected chi connectivity index (χ1v) is 5.30. The molecule has 3 N–H and O–H groups in total. The summed E-state index contributed by atoms with van der Waals surface area (Å²) in [5.41, 5.74) is -0.462. The van der Waals surface area contributed by atoms with Crippen LogP contribution in [0.2, 0.25) is 0 Å². The molecule has 5 heteroatoms. The zero-order chi connectivity index (χ0) is 13.0. The number of aromatic carboxylic acids is 2. The lowest BCUT2D eigenvalue weighted by Gasteiger charge is -2.09. The highest BCUT2D eigenvalue weighted by Gasteiger charge is 2.22. The Bertz CT molecular complexity index is 450. The zero-order valence-corrected chi connectivity index (χ0v) is 9.43. The van der Waals surface area contributed by atoms with Gasteiger partial charge in [-0.3, -0.25) is 0 Å². The summed E-state index contributed by atoms with van der Waals surface area (Å²) in [5.74, 6) is -3.23. The number of hydrogen-bond donors (Lipinski definition) is 3. The maximum atomic E-state index is 10.9. The highest BCUT2D eigenvalue weighted by Crippen LogP contribution is 2.27. The van der Waals surface area contributed by atoms with Gasteiger partial charge in [0.2, 0.25) is 0 Å². The third-order valence-electron chi connectivity index (χ3n) is 2.51. The van der Waals surface area contributed by atoms with Gasteiger partial charge in [0.1, 0.15) is 11.3 Å². The number of phenols is 1. The van der Waals surface area contributed by atoms with E-state index in [0.29, 0.717) is 12.0 Å². The van der Waals surface area contributed by atoms with Crippen molar-refractivity contribution in [3.8, 4) is 5.75 Å². The van der Waals surface area contributed by atoms with Crippen LogP contribution in [0.15, 0.2) is 12.1 Å². The summed E-state index contributed by atoms with van der Waals surface area (Å²) in [6.07, 6.45) is 2.24. The minimum atomic E-state index is -1.43. The van der Waals surface area contributed by atoms with E-state index in [1.54, 1.807) is 0 Å². The van der Waals surface area contributed by atoms with E-state index in [2.05, 4.69) is 0 Å². The van der Waals surface area contributed by atoms with Gasteiger partial charge >= 0.3 is 11.9 Å². The average Bonchev–Trinajstić information content (AvgIpc) is 2.26. The van der Waals surface area contributed by atoms with E-state index in [-0.39, 0.29) is 0 Å². The maximum Gasteiger partial charge on any atom is 0.340 e. The van der Waals surface area contributed by atoms with Crippen LogP contribution in [-0.2, 0) is 6.42 Å². The molecule has 1 aromatic rings. The summed E-state index contributed by atoms with van der Waals surface area (Å²) in [5, 5.41) is 27.5. The Morgan fingerprint density at radius 3 is 2.29 bits per heavy atom. The predicted octanol–water partition coefficient (Wildman–Crippen LogP) is 2.13. The average molecular weight is 238 g/mol. The summed E-state index contributed by atoms with van der Waals surface area (Å²) >= 11 is 0. The molecule has 0 aliphatic carbocycles. The Labute approximate surface area is 98.3 Å². The van der Waals surface area contributed by atoms with Crippen molar-refractivity contribution in [1.82, 2.24) is 0 Å². The molecule has 0 aliphatic rings. The van der Waals surface area contributed by atoms with E-state index in [9.17, 15) is 14.7 Å². The minimum absolute atomic E-state index is 0.393. The second kappa shape index (κ2) is 5.34. The van der Waals surface area contributed by atoms with Crippen LogP contribution in [-0.4, -0.2) is 27.3 Å². The van der Waals surface area contributed by atoms with Crippen LogP contribution in [0.4, 0.5) is 0 Å². The molecule has 1 aromatic carbocycles. The van der Waals surface area contributed by atoms with Gasteiger partial charge in [0.25, 0.3) is 0 Å². The molecule has 92 valence electrons. The number of aryl methyl sites for hydroxylation is 1. The fraction of sp³-hybridized carbons (Fsp3) is 0.333. The van der Waals surface area contributed by atoms with Crippen molar-refractivity contribution in [2.45, 2.75) is 26.2 Å². The summed E-state index contributed by atoms with van der Waals surface area (Å²) in [7, 11) is 0. The molecular weight excluding hydrogens is 224 g/mol. The molecule has 5 nitrogen and oxygen atoms in total. The van der Waals surface area contributed by atoms with Gasteiger partial charge in [0.15, 0.2) is 0 Å². The number of rotatable bonds is 5. The molecule has 0 heterocycles. The molecule has 0 amide bonds. The van der Waals surface area contributed by atoms with Crippen molar-refractivity contribution >= 4 is 11.9 Å². The molecule has 0 aromatic heterocycles. The minimum Gasteiger partial charge on any atom is -0.507 e. The molecule has 0 saturated carbocycles. The molecule has 0 radical (unpaired) electrons. The largest absolute Gasteiger partial charge is 0.507 e. The van der Waals surface area contributed by atoms with Gasteiger partial charge < -0.3 is 15.3 Å². The molecule has 0 bridgehead atoms. The van der Waals surface area contributed by atoms with Gasteiger partial charge in [-0.25, -0.2) is 9.59 Å². The lowest BCUT2D eigenvalue weighted by Crippen LogP contribution is -2.09. The number of aromatic hydroxyl groups is 1. The molecule has 0 saturated heterocycles. The lowest BCUT2D eigenvalue weighted by molar-refractivity contribution is 0.0648. The molecule has 0 unspecified atom stereocenters. The topological polar surface area (TPSA) is 94.8 Å². The third kappa shape index (κ3) is 2.75. The van der Waals surface area contributed by atoms with Crippen LogP contribution in [0.25, 0.3) is 0 Å². The Morgan fingerprint density at radius 1 is 1.18 bits per heavy atom. The van der Waals surface area contributed by atoms with Gasteiger partial charge in [0, 0.05) is 0 Å². The van der Waals surface area contributed by atoms with Gasteiger partial charge in [-0.05, 0) is 24.5 Å². The van der Waals surface area contributed by atoms with E-state index < -0.39 is 28.8 Å². The highest BCUT2D eigenvalue weighted by atomic mass is 16.4. The van der Waals surface area contributed by atoms with Crippen LogP contribution >= 0.6 is 0 Å². The standard InChI is InChI=1S/C12H14O5/c1-2-3-4-7-5-6-8(11(14)15)9(10(7)13)12(16)17/h5-6,13H,2-4H2,1H3,(H,14,15)(H,16,17). The number of carboxylic acids is 2. The van der Waals surface area contributed by atoms with E-state index in [0.717, 1.165) is 12.8 Å². The van der Waals surface area contributed by atoms with Crippen molar-refractivity contribution in [2.24, 2.45) is 0 Å². The summed E-state index contributed by atoms with van der Waals surface area (Å²) in [6.45, 7) is 1.97.